The molecule has 1 fully saturated rings. The van der Waals surface area contributed by atoms with E-state index >= 15 is 0 Å². The molecule has 0 saturated carbocycles. The molecule has 1 saturated heterocycles. The Kier molecular flexibility index (Phi) is 5.09. The number of aromatic nitrogens is 1. The number of fused-ring (bicyclic) bond motifs is 1. The molecule has 0 atom stereocenters. The topological polar surface area (TPSA) is 45.2 Å². The van der Waals surface area contributed by atoms with Crippen molar-refractivity contribution in [1.29, 1.82) is 0 Å². The van der Waals surface area contributed by atoms with Gasteiger partial charge in [0, 0.05) is 23.2 Å². The zero-order valence-corrected chi connectivity index (χ0v) is 15.9. The van der Waals surface area contributed by atoms with E-state index in [9.17, 15) is 4.79 Å². The third-order valence-corrected chi connectivity index (χ3v) is 5.23. The van der Waals surface area contributed by atoms with Crippen molar-refractivity contribution in [2.24, 2.45) is 0 Å². The molecule has 0 spiro atoms. The number of amides is 1. The molecule has 0 bridgehead atoms. The van der Waals surface area contributed by atoms with Crippen molar-refractivity contribution in [3.05, 3.63) is 41.1 Å². The first-order valence-electron chi connectivity index (χ1n) is 9.28. The molecule has 1 aliphatic heterocycles. The van der Waals surface area contributed by atoms with Crippen LogP contribution in [0.5, 0.6) is 0 Å². The summed E-state index contributed by atoms with van der Waals surface area (Å²) < 4.78 is 0. The second-order valence-corrected chi connectivity index (χ2v) is 7.87. The summed E-state index contributed by atoms with van der Waals surface area (Å²) in [6.07, 6.45) is 3.83. The average Bonchev–Trinajstić information content (AvgIpc) is 2.60. The van der Waals surface area contributed by atoms with Gasteiger partial charge in [0.05, 0.1) is 11.1 Å². The molecule has 1 amide bonds. The number of aryl methyl sites for hydroxylation is 2. The van der Waals surface area contributed by atoms with Gasteiger partial charge in [-0.2, -0.15) is 0 Å². The molecule has 1 aromatic carbocycles. The SMILES string of the molecule is Cc1ccc2nc(C)cc(C(=O)NCC(C)(C)N3CCCCC3)c2c1. The highest BCUT2D eigenvalue weighted by Crippen LogP contribution is 2.22. The molecule has 4 heteroatoms. The van der Waals surface area contributed by atoms with Crippen LogP contribution in [0.1, 0.15) is 54.7 Å². The summed E-state index contributed by atoms with van der Waals surface area (Å²) in [7, 11) is 0. The van der Waals surface area contributed by atoms with Crippen LogP contribution in [0.15, 0.2) is 24.3 Å². The van der Waals surface area contributed by atoms with Crippen molar-refractivity contribution in [2.45, 2.75) is 52.5 Å². The summed E-state index contributed by atoms with van der Waals surface area (Å²) in [5.74, 6) is -0.00816. The van der Waals surface area contributed by atoms with Gasteiger partial charge in [-0.25, -0.2) is 0 Å². The highest BCUT2D eigenvalue weighted by Gasteiger charge is 2.28. The fourth-order valence-corrected chi connectivity index (χ4v) is 3.66. The van der Waals surface area contributed by atoms with Crippen molar-refractivity contribution >= 4 is 16.8 Å². The van der Waals surface area contributed by atoms with E-state index in [1.54, 1.807) is 0 Å². The van der Waals surface area contributed by atoms with E-state index in [4.69, 9.17) is 0 Å². The van der Waals surface area contributed by atoms with Gasteiger partial charge >= 0.3 is 0 Å². The Morgan fingerprint density at radius 1 is 1.16 bits per heavy atom. The van der Waals surface area contributed by atoms with E-state index in [1.807, 2.05) is 38.1 Å². The van der Waals surface area contributed by atoms with Crippen LogP contribution in [0.2, 0.25) is 0 Å². The first-order chi connectivity index (χ1) is 11.9. The van der Waals surface area contributed by atoms with E-state index in [0.717, 1.165) is 40.8 Å². The molecular formula is C21H29N3O. The Morgan fingerprint density at radius 2 is 1.88 bits per heavy atom. The zero-order chi connectivity index (χ0) is 18.0. The van der Waals surface area contributed by atoms with Crippen LogP contribution in [0.4, 0.5) is 0 Å². The van der Waals surface area contributed by atoms with Crippen LogP contribution >= 0.6 is 0 Å². The number of hydrogen-bond donors (Lipinski definition) is 1. The quantitative estimate of drug-likeness (QED) is 0.920. The average molecular weight is 339 g/mol. The third kappa shape index (κ3) is 4.01. The number of likely N-dealkylation sites (tertiary alicyclic amines) is 1. The number of carbonyl (C=O) groups excluding carboxylic acids is 1. The molecule has 1 aliphatic rings. The number of benzene rings is 1. The molecule has 4 nitrogen and oxygen atoms in total. The lowest BCUT2D eigenvalue weighted by molar-refractivity contribution is 0.0798. The van der Waals surface area contributed by atoms with Crippen molar-refractivity contribution in [1.82, 2.24) is 15.2 Å². The fourth-order valence-electron chi connectivity index (χ4n) is 3.66. The second-order valence-electron chi connectivity index (χ2n) is 7.87. The van der Waals surface area contributed by atoms with Gasteiger partial charge in [-0.15, -0.1) is 0 Å². The predicted molar refractivity (Wildman–Crippen MR) is 103 cm³/mol. The Bertz CT molecular complexity index is 776. The van der Waals surface area contributed by atoms with Gasteiger partial charge in [0.25, 0.3) is 5.91 Å². The van der Waals surface area contributed by atoms with Crippen LogP contribution in [0, 0.1) is 13.8 Å². The number of rotatable bonds is 4. The fraction of sp³-hybridized carbons (Fsp3) is 0.524. The van der Waals surface area contributed by atoms with Crippen LogP contribution < -0.4 is 5.32 Å². The van der Waals surface area contributed by atoms with Gasteiger partial charge < -0.3 is 5.32 Å². The summed E-state index contributed by atoms with van der Waals surface area (Å²) >= 11 is 0. The van der Waals surface area contributed by atoms with Gasteiger partial charge in [0.2, 0.25) is 0 Å². The molecule has 1 aromatic heterocycles. The van der Waals surface area contributed by atoms with Crippen LogP contribution in [-0.4, -0.2) is 41.0 Å². The van der Waals surface area contributed by atoms with Gasteiger partial charge in [0.1, 0.15) is 0 Å². The molecule has 3 rings (SSSR count). The highest BCUT2D eigenvalue weighted by atomic mass is 16.1. The Labute approximate surface area is 150 Å². The lowest BCUT2D eigenvalue weighted by Crippen LogP contribution is -2.53. The first-order valence-corrected chi connectivity index (χ1v) is 9.28. The molecular weight excluding hydrogens is 310 g/mol. The van der Waals surface area contributed by atoms with E-state index in [2.05, 4.69) is 29.0 Å². The Balaban J connectivity index is 1.79. The van der Waals surface area contributed by atoms with E-state index in [-0.39, 0.29) is 11.4 Å². The summed E-state index contributed by atoms with van der Waals surface area (Å²) in [5.41, 5.74) is 3.59. The summed E-state index contributed by atoms with van der Waals surface area (Å²) in [6, 6.07) is 7.97. The largest absolute Gasteiger partial charge is 0.350 e. The Hall–Kier alpha value is -1.94. The second kappa shape index (κ2) is 7.12. The van der Waals surface area contributed by atoms with E-state index in [0.29, 0.717) is 6.54 Å². The zero-order valence-electron chi connectivity index (χ0n) is 15.9. The minimum Gasteiger partial charge on any atom is -0.350 e. The van der Waals surface area contributed by atoms with Crippen molar-refractivity contribution < 1.29 is 4.79 Å². The monoisotopic (exact) mass is 339 g/mol. The van der Waals surface area contributed by atoms with E-state index < -0.39 is 0 Å². The van der Waals surface area contributed by atoms with Crippen LogP contribution in [-0.2, 0) is 0 Å². The van der Waals surface area contributed by atoms with Crippen LogP contribution in [0.3, 0.4) is 0 Å². The standard InChI is InChI=1S/C21H29N3O/c1-15-8-9-19-17(12-15)18(13-16(2)23-19)20(25)22-14-21(3,4)24-10-6-5-7-11-24/h8-9,12-13H,5-7,10-11,14H2,1-4H3,(H,22,25). The van der Waals surface area contributed by atoms with E-state index in [1.165, 1.54) is 19.3 Å². The molecule has 25 heavy (non-hydrogen) atoms. The van der Waals surface area contributed by atoms with Crippen molar-refractivity contribution in [3.8, 4) is 0 Å². The maximum Gasteiger partial charge on any atom is 0.252 e. The molecule has 0 radical (unpaired) electrons. The van der Waals surface area contributed by atoms with Gasteiger partial charge in [0.15, 0.2) is 0 Å². The molecule has 2 aromatic rings. The number of nitrogens with one attached hydrogen (secondary N) is 1. The summed E-state index contributed by atoms with van der Waals surface area (Å²) in [6.45, 7) is 11.3. The Morgan fingerprint density at radius 3 is 2.60 bits per heavy atom. The molecule has 1 N–H and O–H groups in total. The van der Waals surface area contributed by atoms with Gasteiger partial charge in [-0.1, -0.05) is 18.1 Å². The van der Waals surface area contributed by atoms with Gasteiger partial charge in [-0.3, -0.25) is 14.7 Å². The number of piperidine rings is 1. The maximum absolute atomic E-state index is 12.9. The number of carbonyl (C=O) groups is 1. The number of hydrogen-bond acceptors (Lipinski definition) is 3. The molecule has 0 unspecified atom stereocenters. The summed E-state index contributed by atoms with van der Waals surface area (Å²) in [4.78, 5) is 19.9. The highest BCUT2D eigenvalue weighted by molar-refractivity contribution is 6.06. The van der Waals surface area contributed by atoms with Crippen LogP contribution in [0.25, 0.3) is 10.9 Å². The molecule has 0 aliphatic carbocycles. The first kappa shape index (κ1) is 17.9. The summed E-state index contributed by atoms with van der Waals surface area (Å²) in [5, 5.41) is 4.10. The predicted octanol–water partition coefficient (Wildman–Crippen LogP) is 3.85. The number of pyridine rings is 1. The lowest BCUT2D eigenvalue weighted by Gasteiger charge is -2.41. The third-order valence-electron chi connectivity index (χ3n) is 5.23. The smallest absolute Gasteiger partial charge is 0.252 e. The van der Waals surface area contributed by atoms with Gasteiger partial charge in [-0.05, 0) is 71.8 Å². The number of nitrogens with zero attached hydrogens (tertiary/aromatic N) is 2. The van der Waals surface area contributed by atoms with Crippen molar-refractivity contribution in [3.63, 3.8) is 0 Å². The minimum atomic E-state index is -0.0239. The maximum atomic E-state index is 12.9. The molecule has 2 heterocycles. The normalized spacial score (nSPS) is 16.2. The minimum absolute atomic E-state index is 0.00816. The lowest BCUT2D eigenvalue weighted by atomic mass is 9.98. The van der Waals surface area contributed by atoms with Crippen molar-refractivity contribution in [2.75, 3.05) is 19.6 Å². The molecule has 134 valence electrons.